The minimum Gasteiger partial charge on any atom is -0.395 e. The van der Waals surface area contributed by atoms with E-state index in [1.165, 1.54) is 11.1 Å². The summed E-state index contributed by atoms with van der Waals surface area (Å²) in [6.45, 7) is 0.235. The average Bonchev–Trinajstić information content (AvgIpc) is 2.18. The first-order valence-corrected chi connectivity index (χ1v) is 4.51. The van der Waals surface area contributed by atoms with Gasteiger partial charge < -0.3 is 10.0 Å². The molecule has 1 heterocycles. The molecule has 0 saturated carbocycles. The molecule has 0 bridgehead atoms. The third-order valence-corrected chi connectivity index (χ3v) is 1.95. The topological polar surface area (TPSA) is 53.4 Å². The Morgan fingerprint density at radius 3 is 2.86 bits per heavy atom. The van der Waals surface area contributed by atoms with Gasteiger partial charge in [0.2, 0.25) is 0 Å². The van der Waals surface area contributed by atoms with Crippen molar-refractivity contribution in [3.63, 3.8) is 0 Å². The Hall–Kier alpha value is -1.13. The van der Waals surface area contributed by atoms with Crippen LogP contribution in [0.25, 0.3) is 0 Å². The molecule has 0 aromatic carbocycles. The lowest BCUT2D eigenvalue weighted by Crippen LogP contribution is -2.30. The third kappa shape index (κ3) is 2.68. The highest BCUT2D eigenvalue weighted by atomic mass is 35.5. The first kappa shape index (κ1) is 10.9. The molecule has 1 N–H and O–H groups in total. The van der Waals surface area contributed by atoms with Crippen LogP contribution in [0.5, 0.6) is 0 Å². The van der Waals surface area contributed by atoms with Crippen LogP contribution in [-0.2, 0) is 0 Å². The van der Waals surface area contributed by atoms with Gasteiger partial charge >= 0.3 is 0 Å². The number of nitrogens with zero attached hydrogens (tertiary/aromatic N) is 2. The number of hydrogen-bond acceptors (Lipinski definition) is 3. The second-order valence-electron chi connectivity index (χ2n) is 2.81. The van der Waals surface area contributed by atoms with E-state index in [2.05, 4.69) is 4.98 Å². The standard InChI is InChI=1S/C9H11ClN2O2/c1-12(4-5-13)9(14)8-3-2-7(10)6-11-8/h2-3,6,13H,4-5H2,1H3. The lowest BCUT2D eigenvalue weighted by molar-refractivity contribution is 0.0761. The summed E-state index contributed by atoms with van der Waals surface area (Å²) in [6.07, 6.45) is 1.42. The number of aliphatic hydroxyl groups excluding tert-OH is 1. The first-order valence-electron chi connectivity index (χ1n) is 4.13. The second kappa shape index (κ2) is 4.93. The summed E-state index contributed by atoms with van der Waals surface area (Å²) in [4.78, 5) is 16.8. The number of pyridine rings is 1. The average molecular weight is 215 g/mol. The summed E-state index contributed by atoms with van der Waals surface area (Å²) in [5, 5.41) is 9.13. The molecule has 1 aromatic heterocycles. The molecule has 76 valence electrons. The van der Waals surface area contributed by atoms with Gasteiger partial charge in [0, 0.05) is 19.8 Å². The molecule has 0 spiro atoms. The molecule has 0 radical (unpaired) electrons. The maximum Gasteiger partial charge on any atom is 0.272 e. The Morgan fingerprint density at radius 2 is 2.36 bits per heavy atom. The quantitative estimate of drug-likeness (QED) is 0.810. The Bertz CT molecular complexity index is 313. The minimum absolute atomic E-state index is 0.0597. The molecule has 0 aliphatic carbocycles. The van der Waals surface area contributed by atoms with Crippen LogP contribution in [0.2, 0.25) is 5.02 Å². The van der Waals surface area contributed by atoms with Crippen LogP contribution in [0.3, 0.4) is 0 Å². The fourth-order valence-electron chi connectivity index (χ4n) is 0.949. The Labute approximate surface area is 87.1 Å². The van der Waals surface area contributed by atoms with Crippen LogP contribution < -0.4 is 0 Å². The van der Waals surface area contributed by atoms with E-state index in [1.807, 2.05) is 0 Å². The van der Waals surface area contributed by atoms with Crippen LogP contribution >= 0.6 is 11.6 Å². The summed E-state index contributed by atoms with van der Waals surface area (Å²) < 4.78 is 0. The first-order chi connectivity index (χ1) is 6.65. The van der Waals surface area contributed by atoms with Gasteiger partial charge in [-0.3, -0.25) is 4.79 Å². The number of hydrogen-bond donors (Lipinski definition) is 1. The molecule has 4 nitrogen and oxygen atoms in total. The third-order valence-electron chi connectivity index (χ3n) is 1.73. The van der Waals surface area contributed by atoms with Crippen LogP contribution in [0, 0.1) is 0 Å². The van der Waals surface area contributed by atoms with E-state index in [0.717, 1.165) is 0 Å². The molecule has 0 aliphatic rings. The van der Waals surface area contributed by atoms with Crippen molar-refractivity contribution < 1.29 is 9.90 Å². The monoisotopic (exact) mass is 214 g/mol. The Balaban J connectivity index is 2.74. The van der Waals surface area contributed by atoms with Crippen LogP contribution in [0.1, 0.15) is 10.5 Å². The molecule has 0 aliphatic heterocycles. The molecular formula is C9H11ClN2O2. The Kier molecular flexibility index (Phi) is 3.85. The van der Waals surface area contributed by atoms with Gasteiger partial charge in [0.25, 0.3) is 5.91 Å². The van der Waals surface area contributed by atoms with Gasteiger partial charge in [-0.2, -0.15) is 0 Å². The van der Waals surface area contributed by atoms with Gasteiger partial charge in [0.05, 0.1) is 11.6 Å². The van der Waals surface area contributed by atoms with Crippen LogP contribution in [0.15, 0.2) is 18.3 Å². The van der Waals surface area contributed by atoms with Gasteiger partial charge in [-0.25, -0.2) is 4.98 Å². The number of aromatic nitrogens is 1. The van der Waals surface area contributed by atoms with Crippen molar-refractivity contribution in [1.29, 1.82) is 0 Å². The molecule has 1 amide bonds. The van der Waals surface area contributed by atoms with E-state index in [0.29, 0.717) is 17.3 Å². The molecule has 14 heavy (non-hydrogen) atoms. The molecular weight excluding hydrogens is 204 g/mol. The van der Waals surface area contributed by atoms with Crippen molar-refractivity contribution in [2.45, 2.75) is 0 Å². The highest BCUT2D eigenvalue weighted by Crippen LogP contribution is 2.07. The normalized spacial score (nSPS) is 9.93. The minimum atomic E-state index is -0.226. The number of likely N-dealkylation sites (N-methyl/N-ethyl adjacent to an activating group) is 1. The predicted molar refractivity (Wildman–Crippen MR) is 53.3 cm³/mol. The van der Waals surface area contributed by atoms with E-state index < -0.39 is 0 Å². The maximum absolute atomic E-state index is 11.6. The second-order valence-corrected chi connectivity index (χ2v) is 3.25. The van der Waals surface area contributed by atoms with E-state index in [-0.39, 0.29) is 12.5 Å². The zero-order chi connectivity index (χ0) is 10.6. The summed E-state index contributed by atoms with van der Waals surface area (Å²) in [7, 11) is 1.61. The number of rotatable bonds is 3. The van der Waals surface area contributed by atoms with E-state index in [4.69, 9.17) is 16.7 Å². The van der Waals surface area contributed by atoms with Crippen LogP contribution in [-0.4, -0.2) is 41.1 Å². The highest BCUT2D eigenvalue weighted by molar-refractivity contribution is 6.30. The van der Waals surface area contributed by atoms with Gasteiger partial charge in [-0.05, 0) is 12.1 Å². The van der Waals surface area contributed by atoms with Crippen molar-refractivity contribution >= 4 is 17.5 Å². The molecule has 5 heteroatoms. The van der Waals surface area contributed by atoms with Crippen molar-refractivity contribution in [3.05, 3.63) is 29.0 Å². The van der Waals surface area contributed by atoms with Gasteiger partial charge in [0.15, 0.2) is 0 Å². The molecule has 1 aromatic rings. The fraction of sp³-hybridized carbons (Fsp3) is 0.333. The van der Waals surface area contributed by atoms with E-state index >= 15 is 0 Å². The summed E-state index contributed by atoms with van der Waals surface area (Å²) in [5.41, 5.74) is 0.324. The van der Waals surface area contributed by atoms with Crippen molar-refractivity contribution in [3.8, 4) is 0 Å². The number of halogens is 1. The number of carbonyl (C=O) groups excluding carboxylic acids is 1. The van der Waals surface area contributed by atoms with Gasteiger partial charge in [-0.15, -0.1) is 0 Å². The zero-order valence-electron chi connectivity index (χ0n) is 7.77. The molecule has 0 saturated heterocycles. The molecule has 0 unspecified atom stereocenters. The van der Waals surface area contributed by atoms with Gasteiger partial charge in [0.1, 0.15) is 5.69 Å². The molecule has 0 fully saturated rings. The summed E-state index contributed by atoms with van der Waals surface area (Å²) in [6, 6.07) is 3.16. The molecule has 1 rings (SSSR count). The molecule has 0 atom stereocenters. The van der Waals surface area contributed by atoms with E-state index in [1.54, 1.807) is 19.2 Å². The predicted octanol–water partition coefficient (Wildman–Crippen LogP) is 0.799. The largest absolute Gasteiger partial charge is 0.395 e. The van der Waals surface area contributed by atoms with Crippen molar-refractivity contribution in [1.82, 2.24) is 9.88 Å². The fourth-order valence-corrected chi connectivity index (χ4v) is 1.06. The van der Waals surface area contributed by atoms with Crippen molar-refractivity contribution in [2.75, 3.05) is 20.2 Å². The lowest BCUT2D eigenvalue weighted by Gasteiger charge is -2.14. The van der Waals surface area contributed by atoms with E-state index in [9.17, 15) is 4.79 Å². The van der Waals surface area contributed by atoms with Crippen molar-refractivity contribution in [2.24, 2.45) is 0 Å². The SMILES string of the molecule is CN(CCO)C(=O)c1ccc(Cl)cn1. The highest BCUT2D eigenvalue weighted by Gasteiger charge is 2.11. The van der Waals surface area contributed by atoms with Crippen LogP contribution in [0.4, 0.5) is 0 Å². The smallest absolute Gasteiger partial charge is 0.272 e. The zero-order valence-corrected chi connectivity index (χ0v) is 8.53. The number of aliphatic hydroxyl groups is 1. The summed E-state index contributed by atoms with van der Waals surface area (Å²) in [5.74, 6) is -0.226. The summed E-state index contributed by atoms with van der Waals surface area (Å²) >= 11 is 5.63. The number of carbonyl (C=O) groups is 1. The van der Waals surface area contributed by atoms with Gasteiger partial charge in [-0.1, -0.05) is 11.6 Å². The lowest BCUT2D eigenvalue weighted by atomic mass is 10.3. The number of amides is 1. The maximum atomic E-state index is 11.6. The Morgan fingerprint density at radius 1 is 1.64 bits per heavy atom.